The fourth-order valence-electron chi connectivity index (χ4n) is 5.11. The zero-order chi connectivity index (χ0) is 23.4. The van der Waals surface area contributed by atoms with Gasteiger partial charge in [0.05, 0.1) is 35.2 Å². The number of rotatable bonds is 3. The van der Waals surface area contributed by atoms with Crippen LogP contribution in [0.25, 0.3) is 28.3 Å². The highest BCUT2D eigenvalue weighted by molar-refractivity contribution is 5.72. The van der Waals surface area contributed by atoms with E-state index in [1.54, 1.807) is 6.33 Å². The number of benzene rings is 2. The normalized spacial score (nSPS) is 18.9. The SMILES string of the molecule is CN(C)[C@@H]1CN(c2ccc3c(c2)Cn2cc(-c4ccc(C#N)cc4)cc2-c2nncn2-3)C[C@@H]1O. The lowest BCUT2D eigenvalue weighted by Gasteiger charge is -2.23. The van der Waals surface area contributed by atoms with Gasteiger partial charge < -0.3 is 19.5 Å². The van der Waals surface area contributed by atoms with E-state index in [1.807, 2.05) is 42.9 Å². The van der Waals surface area contributed by atoms with Gasteiger partial charge in [0.25, 0.3) is 0 Å². The molecule has 2 aromatic heterocycles. The van der Waals surface area contributed by atoms with Crippen LogP contribution in [0.2, 0.25) is 0 Å². The van der Waals surface area contributed by atoms with Crippen molar-refractivity contribution in [3.63, 3.8) is 0 Å². The van der Waals surface area contributed by atoms with Crippen LogP contribution in [0.3, 0.4) is 0 Å². The van der Waals surface area contributed by atoms with E-state index in [0.717, 1.165) is 40.6 Å². The van der Waals surface area contributed by atoms with Crippen LogP contribution in [0.4, 0.5) is 5.69 Å². The molecule has 0 bridgehead atoms. The average molecular weight is 452 g/mol. The molecule has 2 atom stereocenters. The molecule has 1 N–H and O–H groups in total. The highest BCUT2D eigenvalue weighted by atomic mass is 16.3. The summed E-state index contributed by atoms with van der Waals surface area (Å²) in [7, 11) is 4.03. The van der Waals surface area contributed by atoms with Crippen molar-refractivity contribution in [1.82, 2.24) is 24.2 Å². The minimum Gasteiger partial charge on any atom is -0.390 e. The summed E-state index contributed by atoms with van der Waals surface area (Å²) in [4.78, 5) is 4.35. The number of aromatic nitrogens is 4. The number of nitrogens with zero attached hydrogens (tertiary/aromatic N) is 7. The maximum absolute atomic E-state index is 10.5. The first-order chi connectivity index (χ1) is 16.5. The number of nitriles is 1. The maximum atomic E-state index is 10.5. The van der Waals surface area contributed by atoms with Crippen LogP contribution in [0.1, 0.15) is 11.1 Å². The van der Waals surface area contributed by atoms with Crippen LogP contribution in [0.15, 0.2) is 61.1 Å². The van der Waals surface area contributed by atoms with E-state index in [4.69, 9.17) is 5.26 Å². The number of anilines is 1. The Kier molecular flexibility index (Phi) is 4.76. The molecular weight excluding hydrogens is 426 g/mol. The third-order valence-corrected chi connectivity index (χ3v) is 6.97. The van der Waals surface area contributed by atoms with Crippen LogP contribution >= 0.6 is 0 Å². The zero-order valence-corrected chi connectivity index (χ0v) is 19.1. The number of β-amino-alcohol motifs (C(OH)–C–C–N with tert-alkyl or cyclic N) is 1. The molecule has 2 aliphatic rings. The molecule has 4 heterocycles. The lowest BCUT2D eigenvalue weighted by molar-refractivity contribution is 0.114. The highest BCUT2D eigenvalue weighted by Gasteiger charge is 2.33. The van der Waals surface area contributed by atoms with Crippen LogP contribution in [-0.4, -0.2) is 68.7 Å². The van der Waals surface area contributed by atoms with Gasteiger partial charge in [-0.3, -0.25) is 4.57 Å². The molecule has 2 aliphatic heterocycles. The second-order valence-corrected chi connectivity index (χ2v) is 9.27. The summed E-state index contributed by atoms with van der Waals surface area (Å²) in [6.45, 7) is 2.12. The topological polar surface area (TPSA) is 86.1 Å². The van der Waals surface area contributed by atoms with Gasteiger partial charge in [-0.1, -0.05) is 12.1 Å². The Labute approximate surface area is 197 Å². The first kappa shape index (κ1) is 20.7. The Morgan fingerprint density at radius 2 is 1.88 bits per heavy atom. The van der Waals surface area contributed by atoms with Crippen LogP contribution in [0.5, 0.6) is 0 Å². The summed E-state index contributed by atoms with van der Waals surface area (Å²) in [5, 5.41) is 28.3. The standard InChI is InChI=1S/C26H25N7O/c1-30(2)24-14-31(15-25(24)34)21-7-8-22-20(9-21)13-32-12-19(18-5-3-17(11-27)4-6-18)10-23(32)26-29-28-16-33(22)26/h3-10,12,16,24-25,34H,13-15H2,1-2H3/t24-,25+/m1/s1. The Morgan fingerprint density at radius 1 is 1.06 bits per heavy atom. The molecule has 0 saturated carbocycles. The van der Waals surface area contributed by atoms with Gasteiger partial charge in [0.2, 0.25) is 0 Å². The van der Waals surface area contributed by atoms with Gasteiger partial charge in [-0.2, -0.15) is 5.26 Å². The maximum Gasteiger partial charge on any atom is 0.185 e. The number of aliphatic hydroxyl groups excluding tert-OH is 1. The van der Waals surface area contributed by atoms with Crippen LogP contribution < -0.4 is 4.90 Å². The highest BCUT2D eigenvalue weighted by Crippen LogP contribution is 2.35. The average Bonchev–Trinajstić information content (AvgIpc) is 3.56. The molecule has 6 rings (SSSR count). The van der Waals surface area contributed by atoms with E-state index < -0.39 is 0 Å². The third-order valence-electron chi connectivity index (χ3n) is 6.97. The first-order valence-electron chi connectivity index (χ1n) is 11.4. The fraction of sp³-hybridized carbons (Fsp3) is 0.269. The van der Waals surface area contributed by atoms with Crippen molar-refractivity contribution in [3.05, 3.63) is 72.2 Å². The van der Waals surface area contributed by atoms with Gasteiger partial charge in [-0.15, -0.1) is 10.2 Å². The predicted octanol–water partition coefficient (Wildman–Crippen LogP) is 2.75. The second kappa shape index (κ2) is 7.83. The molecule has 170 valence electrons. The van der Waals surface area contributed by atoms with Crippen molar-refractivity contribution < 1.29 is 5.11 Å². The molecule has 0 spiro atoms. The Hall–Kier alpha value is -3.93. The zero-order valence-electron chi connectivity index (χ0n) is 19.1. The van der Waals surface area contributed by atoms with Gasteiger partial charge in [0, 0.05) is 37.1 Å². The Morgan fingerprint density at radius 3 is 2.62 bits per heavy atom. The quantitative estimate of drug-likeness (QED) is 0.454. The minimum atomic E-state index is -0.371. The Balaban J connectivity index is 1.40. The predicted molar refractivity (Wildman–Crippen MR) is 130 cm³/mol. The molecular formula is C26H25N7O. The van der Waals surface area contributed by atoms with Crippen molar-refractivity contribution >= 4 is 5.69 Å². The first-order valence-corrected chi connectivity index (χ1v) is 11.4. The molecule has 34 heavy (non-hydrogen) atoms. The summed E-state index contributed by atoms with van der Waals surface area (Å²) in [5.41, 5.74) is 7.12. The molecule has 0 unspecified atom stereocenters. The second-order valence-electron chi connectivity index (χ2n) is 9.27. The summed E-state index contributed by atoms with van der Waals surface area (Å²) in [6.07, 6.45) is 3.53. The number of fused-ring (bicyclic) bond motifs is 5. The molecule has 2 aromatic carbocycles. The van der Waals surface area contributed by atoms with E-state index in [0.29, 0.717) is 18.7 Å². The van der Waals surface area contributed by atoms with E-state index in [9.17, 15) is 5.11 Å². The van der Waals surface area contributed by atoms with Gasteiger partial charge in [0.15, 0.2) is 5.82 Å². The third kappa shape index (κ3) is 3.29. The number of aliphatic hydroxyl groups is 1. The Bertz CT molecular complexity index is 1410. The van der Waals surface area contributed by atoms with Crippen molar-refractivity contribution in [2.45, 2.75) is 18.7 Å². The van der Waals surface area contributed by atoms with Crippen molar-refractivity contribution in [2.75, 3.05) is 32.1 Å². The monoisotopic (exact) mass is 451 g/mol. The molecule has 4 aromatic rings. The lowest BCUT2D eigenvalue weighted by Crippen LogP contribution is -2.38. The lowest BCUT2D eigenvalue weighted by atomic mass is 10.1. The molecule has 1 fully saturated rings. The smallest absolute Gasteiger partial charge is 0.185 e. The molecule has 1 saturated heterocycles. The number of hydrogen-bond donors (Lipinski definition) is 1. The number of hydrogen-bond acceptors (Lipinski definition) is 6. The van der Waals surface area contributed by atoms with E-state index in [2.05, 4.69) is 61.1 Å². The summed E-state index contributed by atoms with van der Waals surface area (Å²) < 4.78 is 4.26. The molecule has 8 nitrogen and oxygen atoms in total. The minimum absolute atomic E-state index is 0.120. The number of likely N-dealkylation sites (N-methyl/N-ethyl adjacent to an activating group) is 1. The summed E-state index contributed by atoms with van der Waals surface area (Å²) in [5.74, 6) is 0.802. The molecule has 0 amide bonds. The van der Waals surface area contributed by atoms with Gasteiger partial charge in [0.1, 0.15) is 6.33 Å². The molecule has 8 heteroatoms. The van der Waals surface area contributed by atoms with Gasteiger partial charge in [-0.25, -0.2) is 0 Å². The van der Waals surface area contributed by atoms with Crippen molar-refractivity contribution in [1.29, 1.82) is 5.26 Å². The van der Waals surface area contributed by atoms with Crippen molar-refractivity contribution in [3.8, 4) is 34.4 Å². The van der Waals surface area contributed by atoms with E-state index >= 15 is 0 Å². The van der Waals surface area contributed by atoms with E-state index in [1.165, 1.54) is 5.56 Å². The van der Waals surface area contributed by atoms with Crippen molar-refractivity contribution in [2.24, 2.45) is 0 Å². The largest absolute Gasteiger partial charge is 0.390 e. The summed E-state index contributed by atoms with van der Waals surface area (Å²) >= 11 is 0. The fourth-order valence-corrected chi connectivity index (χ4v) is 5.11. The van der Waals surface area contributed by atoms with Crippen LogP contribution in [-0.2, 0) is 6.54 Å². The molecule has 0 radical (unpaired) electrons. The van der Waals surface area contributed by atoms with Gasteiger partial charge in [-0.05, 0) is 61.6 Å². The van der Waals surface area contributed by atoms with Gasteiger partial charge >= 0.3 is 0 Å². The van der Waals surface area contributed by atoms with Crippen LogP contribution in [0, 0.1) is 11.3 Å². The summed E-state index contributed by atoms with van der Waals surface area (Å²) in [6, 6.07) is 18.5. The van der Waals surface area contributed by atoms with E-state index in [-0.39, 0.29) is 12.1 Å². The molecule has 0 aliphatic carbocycles.